The molecule has 0 aliphatic rings. The Morgan fingerprint density at radius 3 is 2.80 bits per heavy atom. The summed E-state index contributed by atoms with van der Waals surface area (Å²) in [5.41, 5.74) is 1.03. The number of aromatic nitrogens is 2. The highest BCUT2D eigenvalue weighted by atomic mass is 16.4. The first-order valence-electron chi connectivity index (χ1n) is 4.76. The second-order valence-electron chi connectivity index (χ2n) is 3.21. The fraction of sp³-hybridized carbons (Fsp3) is 0.300. The van der Waals surface area contributed by atoms with Crippen molar-refractivity contribution in [2.45, 2.75) is 19.7 Å². The smallest absolute Gasteiger partial charge is 0.129 e. The highest BCUT2D eigenvalue weighted by Crippen LogP contribution is 2.07. The van der Waals surface area contributed by atoms with E-state index in [1.165, 1.54) is 0 Å². The molecule has 0 bridgehead atoms. The standard InChI is InChI=1S/C10H13N3O2/c14-7-10-2-1-9(15-10)6-11-5-8-3-4-12-13-8/h1-4,11,14H,5-7H2,(H,12,13). The molecule has 0 atom stereocenters. The van der Waals surface area contributed by atoms with Gasteiger partial charge >= 0.3 is 0 Å². The molecule has 15 heavy (non-hydrogen) atoms. The lowest BCUT2D eigenvalue weighted by Crippen LogP contribution is -2.12. The van der Waals surface area contributed by atoms with Crippen molar-refractivity contribution in [2.24, 2.45) is 0 Å². The molecule has 2 aromatic heterocycles. The number of hydrogen-bond acceptors (Lipinski definition) is 4. The summed E-state index contributed by atoms with van der Waals surface area (Å²) in [7, 11) is 0. The first-order valence-corrected chi connectivity index (χ1v) is 4.76. The van der Waals surface area contributed by atoms with Gasteiger partial charge in [0.1, 0.15) is 18.1 Å². The summed E-state index contributed by atoms with van der Waals surface area (Å²) < 4.78 is 5.31. The fourth-order valence-corrected chi connectivity index (χ4v) is 1.31. The molecule has 0 saturated heterocycles. The Hall–Kier alpha value is -1.59. The summed E-state index contributed by atoms with van der Waals surface area (Å²) in [6.07, 6.45) is 1.72. The van der Waals surface area contributed by atoms with Crippen LogP contribution in [-0.2, 0) is 19.7 Å². The molecule has 3 N–H and O–H groups in total. The van der Waals surface area contributed by atoms with Gasteiger partial charge in [-0.2, -0.15) is 5.10 Å². The lowest BCUT2D eigenvalue weighted by atomic mass is 10.4. The second-order valence-corrected chi connectivity index (χ2v) is 3.21. The minimum Gasteiger partial charge on any atom is -0.462 e. The van der Waals surface area contributed by atoms with Crippen LogP contribution in [0.5, 0.6) is 0 Å². The van der Waals surface area contributed by atoms with Crippen LogP contribution in [0.2, 0.25) is 0 Å². The molecule has 0 spiro atoms. The van der Waals surface area contributed by atoms with Crippen molar-refractivity contribution < 1.29 is 9.52 Å². The van der Waals surface area contributed by atoms with E-state index < -0.39 is 0 Å². The predicted octanol–water partition coefficient (Wildman–Crippen LogP) is 0.785. The Bertz CT molecular complexity index is 394. The maximum Gasteiger partial charge on any atom is 0.129 e. The Labute approximate surface area is 87.1 Å². The average molecular weight is 207 g/mol. The molecule has 0 saturated carbocycles. The van der Waals surface area contributed by atoms with Crippen LogP contribution in [0.1, 0.15) is 17.2 Å². The number of nitrogens with zero attached hydrogens (tertiary/aromatic N) is 1. The Kier molecular flexibility index (Phi) is 3.16. The van der Waals surface area contributed by atoms with Gasteiger partial charge < -0.3 is 14.8 Å². The Morgan fingerprint density at radius 2 is 2.13 bits per heavy atom. The van der Waals surface area contributed by atoms with Gasteiger partial charge in [0.2, 0.25) is 0 Å². The van der Waals surface area contributed by atoms with E-state index in [4.69, 9.17) is 9.52 Å². The molecular weight excluding hydrogens is 194 g/mol. The van der Waals surface area contributed by atoms with Crippen LogP contribution in [-0.4, -0.2) is 15.3 Å². The maximum atomic E-state index is 8.80. The molecule has 0 unspecified atom stereocenters. The van der Waals surface area contributed by atoms with E-state index in [0.717, 1.165) is 18.0 Å². The Morgan fingerprint density at radius 1 is 1.27 bits per heavy atom. The molecule has 0 radical (unpaired) electrons. The molecule has 80 valence electrons. The van der Waals surface area contributed by atoms with Gasteiger partial charge in [-0.1, -0.05) is 0 Å². The summed E-state index contributed by atoms with van der Waals surface area (Å²) in [5.74, 6) is 1.41. The quantitative estimate of drug-likeness (QED) is 0.677. The number of aliphatic hydroxyl groups excluding tert-OH is 1. The van der Waals surface area contributed by atoms with Gasteiger partial charge in [0, 0.05) is 18.4 Å². The minimum absolute atomic E-state index is 0.0550. The van der Waals surface area contributed by atoms with Crippen LogP contribution < -0.4 is 5.32 Å². The van der Waals surface area contributed by atoms with Crippen molar-refractivity contribution >= 4 is 0 Å². The van der Waals surface area contributed by atoms with Crippen LogP contribution >= 0.6 is 0 Å². The third-order valence-electron chi connectivity index (χ3n) is 2.05. The third kappa shape index (κ3) is 2.68. The van der Waals surface area contributed by atoms with Crippen molar-refractivity contribution in [3.8, 4) is 0 Å². The van der Waals surface area contributed by atoms with Gasteiger partial charge in [0.15, 0.2) is 0 Å². The van der Waals surface area contributed by atoms with Crippen molar-refractivity contribution in [2.75, 3.05) is 0 Å². The average Bonchev–Trinajstić information content (AvgIpc) is 2.88. The molecule has 2 aromatic rings. The van der Waals surface area contributed by atoms with Crippen molar-refractivity contribution in [1.82, 2.24) is 15.5 Å². The maximum absolute atomic E-state index is 8.80. The summed E-state index contributed by atoms with van der Waals surface area (Å²) in [6, 6.07) is 5.53. The highest BCUT2D eigenvalue weighted by molar-refractivity contribution is 5.06. The molecule has 0 fully saturated rings. The largest absolute Gasteiger partial charge is 0.462 e. The van der Waals surface area contributed by atoms with Crippen LogP contribution in [0.25, 0.3) is 0 Å². The number of aliphatic hydroxyl groups is 1. The predicted molar refractivity (Wildman–Crippen MR) is 53.8 cm³/mol. The van der Waals surface area contributed by atoms with E-state index in [2.05, 4.69) is 15.5 Å². The first kappa shape index (κ1) is 9.95. The van der Waals surface area contributed by atoms with Gasteiger partial charge in [-0.25, -0.2) is 0 Å². The number of rotatable bonds is 5. The summed E-state index contributed by atoms with van der Waals surface area (Å²) in [4.78, 5) is 0. The molecule has 2 heterocycles. The lowest BCUT2D eigenvalue weighted by Gasteiger charge is -1.99. The van der Waals surface area contributed by atoms with Crippen LogP contribution in [0.15, 0.2) is 28.8 Å². The summed E-state index contributed by atoms with van der Waals surface area (Å²) >= 11 is 0. The molecule has 5 heteroatoms. The second kappa shape index (κ2) is 4.77. The molecule has 5 nitrogen and oxygen atoms in total. The van der Waals surface area contributed by atoms with Crippen LogP contribution in [0.3, 0.4) is 0 Å². The summed E-state index contributed by atoms with van der Waals surface area (Å²) in [6.45, 7) is 1.30. The third-order valence-corrected chi connectivity index (χ3v) is 2.05. The number of nitrogens with one attached hydrogen (secondary N) is 2. The van der Waals surface area contributed by atoms with Gasteiger partial charge in [0.25, 0.3) is 0 Å². The first-order chi connectivity index (χ1) is 7.38. The fourth-order valence-electron chi connectivity index (χ4n) is 1.31. The molecule has 0 aromatic carbocycles. The normalized spacial score (nSPS) is 10.7. The zero-order valence-electron chi connectivity index (χ0n) is 8.23. The van der Waals surface area contributed by atoms with Gasteiger partial charge in [-0.15, -0.1) is 0 Å². The van der Waals surface area contributed by atoms with Gasteiger partial charge in [-0.3, -0.25) is 5.10 Å². The van der Waals surface area contributed by atoms with E-state index in [0.29, 0.717) is 12.3 Å². The molecule has 0 aliphatic carbocycles. The van der Waals surface area contributed by atoms with E-state index in [1.807, 2.05) is 12.1 Å². The van der Waals surface area contributed by atoms with E-state index in [-0.39, 0.29) is 6.61 Å². The van der Waals surface area contributed by atoms with Crippen molar-refractivity contribution in [3.63, 3.8) is 0 Å². The molecule has 2 rings (SSSR count). The van der Waals surface area contributed by atoms with Crippen LogP contribution in [0.4, 0.5) is 0 Å². The number of hydrogen-bond donors (Lipinski definition) is 3. The van der Waals surface area contributed by atoms with Crippen LogP contribution in [0, 0.1) is 0 Å². The number of furan rings is 1. The number of aromatic amines is 1. The zero-order chi connectivity index (χ0) is 10.5. The topological polar surface area (TPSA) is 74.1 Å². The lowest BCUT2D eigenvalue weighted by molar-refractivity contribution is 0.242. The molecule has 0 amide bonds. The molecule has 0 aliphatic heterocycles. The number of H-pyrrole nitrogens is 1. The van der Waals surface area contributed by atoms with Gasteiger partial charge in [0.05, 0.1) is 6.54 Å². The van der Waals surface area contributed by atoms with Crippen molar-refractivity contribution in [3.05, 3.63) is 41.6 Å². The molecular formula is C10H13N3O2. The Balaban J connectivity index is 1.78. The van der Waals surface area contributed by atoms with Crippen molar-refractivity contribution in [1.29, 1.82) is 0 Å². The van der Waals surface area contributed by atoms with Gasteiger partial charge in [-0.05, 0) is 18.2 Å². The van der Waals surface area contributed by atoms with E-state index in [9.17, 15) is 0 Å². The SMILES string of the molecule is OCc1ccc(CNCc2ccn[nH]2)o1. The van der Waals surface area contributed by atoms with E-state index in [1.54, 1.807) is 12.3 Å². The highest BCUT2D eigenvalue weighted by Gasteiger charge is 2.00. The monoisotopic (exact) mass is 207 g/mol. The zero-order valence-corrected chi connectivity index (χ0v) is 8.23. The van der Waals surface area contributed by atoms with E-state index >= 15 is 0 Å². The minimum atomic E-state index is -0.0550. The summed E-state index contributed by atoms with van der Waals surface area (Å²) in [5, 5.41) is 18.7.